The molecule has 0 aliphatic carbocycles. The van der Waals surface area contributed by atoms with E-state index in [0.717, 1.165) is 6.26 Å². The first-order chi connectivity index (χ1) is 18.5. The number of carbonyl (C=O) groups is 1. The summed E-state index contributed by atoms with van der Waals surface area (Å²) in [6.07, 6.45) is 4.30. The van der Waals surface area contributed by atoms with E-state index >= 15 is 0 Å². The predicted molar refractivity (Wildman–Crippen MR) is 147 cm³/mol. The molecule has 1 amide bonds. The Hall–Kier alpha value is -3.64. The molecule has 4 rings (SSSR count). The number of carbonyl (C=O) groups excluding carboxylic acids is 1. The number of amides is 1. The minimum atomic E-state index is -3.36. The van der Waals surface area contributed by atoms with Crippen molar-refractivity contribution in [2.45, 2.75) is 18.0 Å². The number of aromatic nitrogens is 3. The summed E-state index contributed by atoms with van der Waals surface area (Å²) in [6.45, 7) is 3.65. The van der Waals surface area contributed by atoms with Crippen molar-refractivity contribution in [1.29, 1.82) is 0 Å². The van der Waals surface area contributed by atoms with E-state index in [4.69, 9.17) is 14.0 Å². The van der Waals surface area contributed by atoms with Crippen LogP contribution in [0.4, 0.5) is 5.13 Å². The maximum absolute atomic E-state index is 13.1. The van der Waals surface area contributed by atoms with E-state index in [0.29, 0.717) is 23.2 Å². The number of rotatable bonds is 11. The molecule has 0 aliphatic rings. The lowest BCUT2D eigenvalue weighted by Crippen LogP contribution is -2.12. The third kappa shape index (κ3) is 8.17. The third-order valence-electron chi connectivity index (χ3n) is 5.00. The molecule has 1 unspecified atom stereocenters. The minimum absolute atomic E-state index is 0.0707. The van der Waals surface area contributed by atoms with Crippen molar-refractivity contribution in [3.8, 4) is 23.3 Å². The molecule has 2 aromatic heterocycles. The van der Waals surface area contributed by atoms with Crippen molar-refractivity contribution >= 4 is 39.6 Å². The van der Waals surface area contributed by atoms with Gasteiger partial charge in [0, 0.05) is 42.3 Å². The van der Waals surface area contributed by atoms with Gasteiger partial charge in [-0.05, 0) is 49.4 Å². The molecule has 4 aromatic rings. The van der Waals surface area contributed by atoms with Crippen molar-refractivity contribution in [3.63, 3.8) is 0 Å². The van der Waals surface area contributed by atoms with Crippen LogP contribution in [0, 0.1) is 0 Å². The van der Waals surface area contributed by atoms with Crippen LogP contribution >= 0.6 is 18.7 Å². The second-order valence-corrected chi connectivity index (χ2v) is 13.8. The van der Waals surface area contributed by atoms with Crippen LogP contribution < -0.4 is 14.8 Å². The highest BCUT2D eigenvalue weighted by atomic mass is 32.2. The van der Waals surface area contributed by atoms with Gasteiger partial charge in [0.25, 0.3) is 5.91 Å². The number of thiazole rings is 1. The summed E-state index contributed by atoms with van der Waals surface area (Å²) in [5.41, 5.74) is 0.743. The highest BCUT2D eigenvalue weighted by molar-refractivity contribution is 7.90. The van der Waals surface area contributed by atoms with Gasteiger partial charge < -0.3 is 14.0 Å². The first-order valence-electron chi connectivity index (χ1n) is 11.6. The molecule has 0 bridgehead atoms. The van der Waals surface area contributed by atoms with Crippen molar-refractivity contribution in [1.82, 2.24) is 15.0 Å². The van der Waals surface area contributed by atoms with Gasteiger partial charge in [0.15, 0.2) is 15.0 Å². The number of hydrogen-bond donors (Lipinski definition) is 1. The molecule has 204 valence electrons. The van der Waals surface area contributed by atoms with Gasteiger partial charge in [0.05, 0.1) is 23.4 Å². The number of benzene rings is 2. The number of nitrogens with zero attached hydrogens (tertiary/aromatic N) is 3. The molecule has 0 aliphatic heterocycles. The minimum Gasteiger partial charge on any atom is -0.457 e. The Labute approximate surface area is 229 Å². The fourth-order valence-electron chi connectivity index (χ4n) is 3.37. The van der Waals surface area contributed by atoms with E-state index in [9.17, 15) is 17.8 Å². The topological polar surface area (TPSA) is 147 Å². The molecular weight excluding hydrogens is 563 g/mol. The standard InChI is InChI=1S/C25H25N4O7PS2/c1-4-34-37(2,31)15-18-16-38-25(28-18)29-23(30)17-12-20(14-21(13-17)36-24-26-10-5-11-27-24)35-19-6-8-22(9-7-19)39(3,32)33/h5-14,16H,4,15H2,1-3H3,(H,28,29,30). The molecule has 0 spiro atoms. The summed E-state index contributed by atoms with van der Waals surface area (Å²) >= 11 is 1.20. The first kappa shape index (κ1) is 28.4. The molecule has 0 radical (unpaired) electrons. The van der Waals surface area contributed by atoms with Crippen LogP contribution in [0.15, 0.2) is 71.2 Å². The van der Waals surface area contributed by atoms with E-state index in [1.807, 2.05) is 0 Å². The van der Waals surface area contributed by atoms with Crippen LogP contribution in [-0.2, 0) is 25.1 Å². The van der Waals surface area contributed by atoms with Gasteiger partial charge in [-0.2, -0.15) is 0 Å². The molecule has 39 heavy (non-hydrogen) atoms. The van der Waals surface area contributed by atoms with E-state index in [1.165, 1.54) is 60.1 Å². The smallest absolute Gasteiger partial charge is 0.321 e. The van der Waals surface area contributed by atoms with Gasteiger partial charge in [0.2, 0.25) is 7.37 Å². The molecule has 0 saturated carbocycles. The maximum atomic E-state index is 13.1. The highest BCUT2D eigenvalue weighted by Gasteiger charge is 2.19. The Kier molecular flexibility index (Phi) is 8.76. The zero-order valence-electron chi connectivity index (χ0n) is 21.2. The number of anilines is 1. The van der Waals surface area contributed by atoms with Crippen LogP contribution in [0.25, 0.3) is 0 Å². The summed E-state index contributed by atoms with van der Waals surface area (Å²) in [7, 11) is -6.20. The van der Waals surface area contributed by atoms with Crippen LogP contribution in [0.3, 0.4) is 0 Å². The molecule has 2 heterocycles. The fraction of sp³-hybridized carbons (Fsp3) is 0.200. The quantitative estimate of drug-likeness (QED) is 0.219. The summed E-state index contributed by atoms with van der Waals surface area (Å²) in [5, 5.41) is 4.77. The number of ether oxygens (including phenoxy) is 2. The van der Waals surface area contributed by atoms with Crippen LogP contribution in [0.1, 0.15) is 23.0 Å². The second-order valence-electron chi connectivity index (χ2n) is 8.36. The lowest BCUT2D eigenvalue weighted by atomic mass is 10.2. The molecule has 11 nitrogen and oxygen atoms in total. The lowest BCUT2D eigenvalue weighted by Gasteiger charge is -2.12. The Balaban J connectivity index is 1.57. The Morgan fingerprint density at radius 1 is 1.03 bits per heavy atom. The molecule has 2 aromatic carbocycles. The molecule has 1 N–H and O–H groups in total. The zero-order valence-corrected chi connectivity index (χ0v) is 23.8. The lowest BCUT2D eigenvalue weighted by molar-refractivity contribution is 0.102. The second kappa shape index (κ2) is 12.0. The summed E-state index contributed by atoms with van der Waals surface area (Å²) in [4.78, 5) is 25.7. The van der Waals surface area contributed by atoms with Crippen LogP contribution in [0.5, 0.6) is 23.3 Å². The van der Waals surface area contributed by atoms with Crippen molar-refractivity contribution < 1.29 is 31.8 Å². The van der Waals surface area contributed by atoms with Gasteiger partial charge in [0.1, 0.15) is 17.2 Å². The van der Waals surface area contributed by atoms with Crippen LogP contribution in [0.2, 0.25) is 0 Å². The van der Waals surface area contributed by atoms with Crippen molar-refractivity contribution in [2.75, 3.05) is 24.8 Å². The predicted octanol–water partition coefficient (Wildman–Crippen LogP) is 5.62. The van der Waals surface area contributed by atoms with Crippen molar-refractivity contribution in [2.24, 2.45) is 0 Å². The summed E-state index contributed by atoms with van der Waals surface area (Å²) in [5.74, 6) is 0.353. The van der Waals surface area contributed by atoms with Crippen molar-refractivity contribution in [3.05, 3.63) is 77.6 Å². The largest absolute Gasteiger partial charge is 0.457 e. The van der Waals surface area contributed by atoms with Gasteiger partial charge in [-0.3, -0.25) is 14.7 Å². The Morgan fingerprint density at radius 2 is 1.69 bits per heavy atom. The molecule has 0 saturated heterocycles. The van der Waals surface area contributed by atoms with E-state index in [1.54, 1.807) is 31.1 Å². The number of hydrogen-bond acceptors (Lipinski definition) is 11. The van der Waals surface area contributed by atoms with E-state index in [-0.39, 0.29) is 34.1 Å². The summed E-state index contributed by atoms with van der Waals surface area (Å²) in [6, 6.07) is 12.1. The Morgan fingerprint density at radius 3 is 2.33 bits per heavy atom. The van der Waals surface area contributed by atoms with Gasteiger partial charge >= 0.3 is 6.01 Å². The number of nitrogens with one attached hydrogen (secondary N) is 1. The monoisotopic (exact) mass is 588 g/mol. The maximum Gasteiger partial charge on any atom is 0.321 e. The number of sulfone groups is 1. The third-order valence-corrected chi connectivity index (χ3v) is 8.64. The van der Waals surface area contributed by atoms with E-state index in [2.05, 4.69) is 20.3 Å². The van der Waals surface area contributed by atoms with Crippen LogP contribution in [-0.4, -0.2) is 48.8 Å². The molecule has 1 atom stereocenters. The molecule has 0 fully saturated rings. The van der Waals surface area contributed by atoms with Gasteiger partial charge in [-0.25, -0.2) is 23.4 Å². The van der Waals surface area contributed by atoms with E-state index < -0.39 is 23.1 Å². The average Bonchev–Trinajstić information content (AvgIpc) is 3.30. The summed E-state index contributed by atoms with van der Waals surface area (Å²) < 4.78 is 52.9. The van der Waals surface area contributed by atoms with Gasteiger partial charge in [-0.15, -0.1) is 11.3 Å². The SMILES string of the molecule is CCOP(C)(=O)Cc1csc(NC(=O)c2cc(Oc3ccc(S(C)(=O)=O)cc3)cc(Oc3ncccn3)c2)n1. The zero-order chi connectivity index (χ0) is 28.0. The average molecular weight is 589 g/mol. The molecular formula is C25H25N4O7PS2. The highest BCUT2D eigenvalue weighted by Crippen LogP contribution is 2.46. The fourth-order valence-corrected chi connectivity index (χ4v) is 6.22. The first-order valence-corrected chi connectivity index (χ1v) is 16.6. The van der Waals surface area contributed by atoms with Gasteiger partial charge in [-0.1, -0.05) is 0 Å². The normalized spacial score (nSPS) is 12.9. The molecule has 14 heteroatoms. The Bertz CT molecular complexity index is 1610.